The molecule has 5 nitrogen and oxygen atoms in total. The summed E-state index contributed by atoms with van der Waals surface area (Å²) in [7, 11) is 1.58. The van der Waals surface area contributed by atoms with Crippen LogP contribution in [0.1, 0.15) is 27.9 Å². The van der Waals surface area contributed by atoms with Gasteiger partial charge in [0.15, 0.2) is 6.29 Å². The molecule has 0 saturated carbocycles. The monoisotopic (exact) mass is 182 g/mol. The van der Waals surface area contributed by atoms with Gasteiger partial charge in [-0.3, -0.25) is 9.48 Å². The molecule has 1 aromatic heterocycles. The average Bonchev–Trinajstić information content (AvgIpc) is 2.47. The predicted octanol–water partition coefficient (Wildman–Crippen LogP) is 0.409. The van der Waals surface area contributed by atoms with E-state index in [1.807, 2.05) is 0 Å². The average molecular weight is 182 g/mol. The van der Waals surface area contributed by atoms with Crippen LogP contribution in [-0.4, -0.2) is 28.6 Å². The fourth-order valence-electron chi connectivity index (χ4n) is 0.943. The highest BCUT2D eigenvalue weighted by molar-refractivity contribution is 5.89. The van der Waals surface area contributed by atoms with Crippen LogP contribution in [0.15, 0.2) is 6.07 Å². The quantitative estimate of drug-likeness (QED) is 0.501. The summed E-state index contributed by atoms with van der Waals surface area (Å²) in [6, 6.07) is 1.39. The molecule has 0 unspecified atom stereocenters. The fourth-order valence-corrected chi connectivity index (χ4v) is 0.943. The largest absolute Gasteiger partial charge is 0.461 e. The Morgan fingerprint density at radius 3 is 2.92 bits per heavy atom. The summed E-state index contributed by atoms with van der Waals surface area (Å²) in [5, 5.41) is 3.78. The summed E-state index contributed by atoms with van der Waals surface area (Å²) in [6.07, 6.45) is 0.586. The second kappa shape index (κ2) is 3.84. The molecule has 1 aromatic rings. The van der Waals surface area contributed by atoms with E-state index in [0.29, 0.717) is 12.9 Å². The third-order valence-corrected chi connectivity index (χ3v) is 1.50. The maximum Gasteiger partial charge on any atom is 0.356 e. The summed E-state index contributed by atoms with van der Waals surface area (Å²) in [5.74, 6) is -0.467. The molecule has 5 heteroatoms. The van der Waals surface area contributed by atoms with Gasteiger partial charge in [-0.05, 0) is 6.92 Å². The number of esters is 1. The van der Waals surface area contributed by atoms with Gasteiger partial charge in [0.25, 0.3) is 0 Å². The number of aldehydes is 1. The maximum atomic E-state index is 11.2. The van der Waals surface area contributed by atoms with Crippen LogP contribution in [0.2, 0.25) is 0 Å². The van der Waals surface area contributed by atoms with Gasteiger partial charge >= 0.3 is 5.97 Å². The molecule has 1 heterocycles. The zero-order valence-corrected chi connectivity index (χ0v) is 7.48. The summed E-state index contributed by atoms with van der Waals surface area (Å²) < 4.78 is 6.07. The third-order valence-electron chi connectivity index (χ3n) is 1.50. The molecule has 0 fully saturated rings. The van der Waals surface area contributed by atoms with Crippen LogP contribution >= 0.6 is 0 Å². The SMILES string of the molecule is CCOC(=O)c1cc(C=O)nn1C. The molecule has 70 valence electrons. The van der Waals surface area contributed by atoms with Gasteiger partial charge in [0.2, 0.25) is 0 Å². The third kappa shape index (κ3) is 1.93. The van der Waals surface area contributed by atoms with Gasteiger partial charge in [-0.1, -0.05) is 0 Å². The molecular weight excluding hydrogens is 172 g/mol. The van der Waals surface area contributed by atoms with Crippen molar-refractivity contribution in [2.75, 3.05) is 6.61 Å². The van der Waals surface area contributed by atoms with Crippen molar-refractivity contribution in [2.45, 2.75) is 6.92 Å². The van der Waals surface area contributed by atoms with Crippen molar-refractivity contribution in [1.29, 1.82) is 0 Å². The van der Waals surface area contributed by atoms with Gasteiger partial charge in [-0.2, -0.15) is 5.10 Å². The fraction of sp³-hybridized carbons (Fsp3) is 0.375. The number of ether oxygens (including phenoxy) is 1. The predicted molar refractivity (Wildman–Crippen MR) is 44.6 cm³/mol. The Hall–Kier alpha value is -1.65. The van der Waals surface area contributed by atoms with E-state index in [0.717, 1.165) is 0 Å². The molecular formula is C8H10N2O3. The van der Waals surface area contributed by atoms with Crippen LogP contribution in [0.5, 0.6) is 0 Å². The first-order chi connectivity index (χ1) is 6.19. The van der Waals surface area contributed by atoms with Crippen molar-refractivity contribution in [2.24, 2.45) is 7.05 Å². The van der Waals surface area contributed by atoms with Crippen molar-refractivity contribution < 1.29 is 14.3 Å². The van der Waals surface area contributed by atoms with Crippen molar-refractivity contribution in [3.8, 4) is 0 Å². The number of rotatable bonds is 3. The molecule has 0 aliphatic rings. The van der Waals surface area contributed by atoms with E-state index in [1.165, 1.54) is 10.7 Å². The molecule has 0 amide bonds. The highest BCUT2D eigenvalue weighted by Crippen LogP contribution is 2.02. The summed E-state index contributed by atoms with van der Waals surface area (Å²) in [4.78, 5) is 21.5. The molecule has 0 bridgehead atoms. The lowest BCUT2D eigenvalue weighted by molar-refractivity contribution is 0.0513. The van der Waals surface area contributed by atoms with Gasteiger partial charge < -0.3 is 4.74 Å². The number of nitrogens with zero attached hydrogens (tertiary/aromatic N) is 2. The second-order valence-electron chi connectivity index (χ2n) is 2.42. The summed E-state index contributed by atoms with van der Waals surface area (Å²) >= 11 is 0. The van der Waals surface area contributed by atoms with Gasteiger partial charge in [-0.15, -0.1) is 0 Å². The minimum atomic E-state index is -0.467. The van der Waals surface area contributed by atoms with Crippen LogP contribution in [-0.2, 0) is 11.8 Å². The highest BCUT2D eigenvalue weighted by Gasteiger charge is 2.13. The van der Waals surface area contributed by atoms with E-state index >= 15 is 0 Å². The van der Waals surface area contributed by atoms with E-state index in [2.05, 4.69) is 5.10 Å². The highest BCUT2D eigenvalue weighted by atomic mass is 16.5. The van der Waals surface area contributed by atoms with Gasteiger partial charge in [0.05, 0.1) is 6.61 Å². The van der Waals surface area contributed by atoms with Crippen molar-refractivity contribution in [1.82, 2.24) is 9.78 Å². The molecule has 0 radical (unpaired) electrons. The Labute approximate surface area is 75.3 Å². The molecule has 0 aliphatic heterocycles. The lowest BCUT2D eigenvalue weighted by Gasteiger charge is -1.99. The minimum absolute atomic E-state index is 0.227. The van der Waals surface area contributed by atoms with E-state index < -0.39 is 5.97 Å². The van der Waals surface area contributed by atoms with Gasteiger partial charge in [-0.25, -0.2) is 4.79 Å². The van der Waals surface area contributed by atoms with Crippen LogP contribution in [0, 0.1) is 0 Å². The first-order valence-electron chi connectivity index (χ1n) is 3.85. The smallest absolute Gasteiger partial charge is 0.356 e. The van der Waals surface area contributed by atoms with Gasteiger partial charge in [0.1, 0.15) is 11.4 Å². The van der Waals surface area contributed by atoms with Crippen LogP contribution in [0.25, 0.3) is 0 Å². The number of hydrogen-bond donors (Lipinski definition) is 0. The molecule has 0 saturated heterocycles. The topological polar surface area (TPSA) is 61.2 Å². The van der Waals surface area contributed by atoms with E-state index in [9.17, 15) is 9.59 Å². The Bertz CT molecular complexity index is 330. The Morgan fingerprint density at radius 1 is 1.77 bits per heavy atom. The zero-order chi connectivity index (χ0) is 9.84. The summed E-state index contributed by atoms with van der Waals surface area (Å²) in [6.45, 7) is 2.02. The Morgan fingerprint density at radius 2 is 2.46 bits per heavy atom. The molecule has 0 N–H and O–H groups in total. The van der Waals surface area contributed by atoms with Crippen molar-refractivity contribution >= 4 is 12.3 Å². The first-order valence-corrected chi connectivity index (χ1v) is 3.85. The minimum Gasteiger partial charge on any atom is -0.461 e. The number of hydrogen-bond acceptors (Lipinski definition) is 4. The number of carbonyl (C=O) groups excluding carboxylic acids is 2. The standard InChI is InChI=1S/C8H10N2O3/c1-3-13-8(12)7-4-6(5-11)9-10(7)2/h4-5H,3H2,1-2H3. The number of carbonyl (C=O) groups is 2. The molecule has 0 aromatic carbocycles. The van der Waals surface area contributed by atoms with Gasteiger partial charge in [0, 0.05) is 13.1 Å². The Kier molecular flexibility index (Phi) is 2.79. The second-order valence-corrected chi connectivity index (χ2v) is 2.42. The zero-order valence-electron chi connectivity index (χ0n) is 7.48. The van der Waals surface area contributed by atoms with E-state index in [1.54, 1.807) is 14.0 Å². The van der Waals surface area contributed by atoms with Crippen LogP contribution in [0.3, 0.4) is 0 Å². The first kappa shape index (κ1) is 9.44. The number of aromatic nitrogens is 2. The molecule has 1 rings (SSSR count). The molecule has 0 atom stereocenters. The Balaban J connectivity index is 2.93. The van der Waals surface area contributed by atoms with Crippen molar-refractivity contribution in [3.05, 3.63) is 17.5 Å². The van der Waals surface area contributed by atoms with Crippen LogP contribution < -0.4 is 0 Å². The van der Waals surface area contributed by atoms with Crippen LogP contribution in [0.4, 0.5) is 0 Å². The summed E-state index contributed by atoms with van der Waals surface area (Å²) in [5.41, 5.74) is 0.509. The van der Waals surface area contributed by atoms with Crippen molar-refractivity contribution in [3.63, 3.8) is 0 Å². The van der Waals surface area contributed by atoms with E-state index in [4.69, 9.17) is 4.74 Å². The molecule has 0 spiro atoms. The molecule has 0 aliphatic carbocycles. The lowest BCUT2D eigenvalue weighted by atomic mass is 10.4. The number of aryl methyl sites for hydroxylation is 1. The lowest BCUT2D eigenvalue weighted by Crippen LogP contribution is -2.10. The maximum absolute atomic E-state index is 11.2. The normalized spacial score (nSPS) is 9.69. The van der Waals surface area contributed by atoms with E-state index in [-0.39, 0.29) is 11.4 Å². The molecule has 13 heavy (non-hydrogen) atoms.